The van der Waals surface area contributed by atoms with Gasteiger partial charge in [-0.25, -0.2) is 0 Å². The Morgan fingerprint density at radius 2 is 1.76 bits per heavy atom. The average Bonchev–Trinajstić information content (AvgIpc) is 3.42. The Morgan fingerprint density at radius 1 is 0.978 bits per heavy atom. The van der Waals surface area contributed by atoms with Crippen molar-refractivity contribution in [3.63, 3.8) is 0 Å². The molecule has 45 heavy (non-hydrogen) atoms. The van der Waals surface area contributed by atoms with Crippen molar-refractivity contribution in [2.45, 2.75) is 110 Å². The molecule has 1 aromatic carbocycles. The van der Waals surface area contributed by atoms with Crippen LogP contribution in [-0.2, 0) is 31.0 Å². The summed E-state index contributed by atoms with van der Waals surface area (Å²) in [4.78, 5) is 82.9. The van der Waals surface area contributed by atoms with E-state index in [1.807, 2.05) is 44.6 Å². The number of piperidine rings is 1. The Hall–Kier alpha value is -3.82. The average molecular weight is 621 g/mol. The zero-order valence-electron chi connectivity index (χ0n) is 27.1. The summed E-state index contributed by atoms with van der Waals surface area (Å²) >= 11 is 0. The van der Waals surface area contributed by atoms with Gasteiger partial charge in [0.25, 0.3) is 5.91 Å². The van der Waals surface area contributed by atoms with Crippen LogP contribution < -0.4 is 10.6 Å². The fourth-order valence-electron chi connectivity index (χ4n) is 6.51. The van der Waals surface area contributed by atoms with Gasteiger partial charge >= 0.3 is 0 Å². The Kier molecular flexibility index (Phi) is 11.7. The van der Waals surface area contributed by atoms with Crippen LogP contribution in [0, 0.1) is 11.8 Å². The maximum atomic E-state index is 14.0. The minimum atomic E-state index is -1.57. The Balaban J connectivity index is 1.67. The minimum absolute atomic E-state index is 0.0827. The summed E-state index contributed by atoms with van der Waals surface area (Å²) in [6.07, 6.45) is 7.80. The van der Waals surface area contributed by atoms with Crippen molar-refractivity contribution in [1.82, 2.24) is 20.1 Å². The molecule has 0 radical (unpaired) electrons. The van der Waals surface area contributed by atoms with Gasteiger partial charge in [0.2, 0.25) is 11.8 Å². The molecule has 3 heterocycles. The highest BCUT2D eigenvalue weighted by Crippen LogP contribution is 2.26. The lowest BCUT2D eigenvalue weighted by Crippen LogP contribution is -2.62. The van der Waals surface area contributed by atoms with E-state index in [2.05, 4.69) is 10.6 Å². The first-order valence-electron chi connectivity index (χ1n) is 16.6. The van der Waals surface area contributed by atoms with Crippen LogP contribution in [0.25, 0.3) is 10.9 Å². The maximum Gasteiger partial charge on any atom is 0.251 e. The predicted octanol–water partition coefficient (Wildman–Crippen LogP) is 4.28. The molecule has 5 atom stereocenters. The monoisotopic (exact) mass is 620 g/mol. The Morgan fingerprint density at radius 3 is 2.49 bits per heavy atom. The van der Waals surface area contributed by atoms with Gasteiger partial charge in [-0.1, -0.05) is 40.0 Å². The van der Waals surface area contributed by atoms with E-state index >= 15 is 0 Å². The highest BCUT2D eigenvalue weighted by molar-refractivity contribution is 6.16. The molecule has 2 aromatic rings. The lowest BCUT2D eigenvalue weighted by atomic mass is 9.87. The number of unbranched alkanes of at least 4 members (excludes halogenated alkanes) is 2. The lowest BCUT2D eigenvalue weighted by molar-refractivity contribution is -0.147. The van der Waals surface area contributed by atoms with Gasteiger partial charge in [0.05, 0.1) is 6.04 Å². The fraction of sp³-hybridized carbons (Fsp3) is 0.600. The molecular formula is C35H48N4O6. The first kappa shape index (κ1) is 34.1. The number of aromatic nitrogens is 1. The second-order valence-corrected chi connectivity index (χ2v) is 12.8. The molecule has 0 saturated carbocycles. The van der Waals surface area contributed by atoms with Gasteiger partial charge in [0.1, 0.15) is 11.8 Å². The van der Waals surface area contributed by atoms with E-state index < -0.39 is 41.6 Å². The number of nitrogens with one attached hydrogen (secondary N) is 2. The molecule has 0 bridgehead atoms. The third-order valence-corrected chi connectivity index (χ3v) is 9.64. The first-order chi connectivity index (χ1) is 21.5. The van der Waals surface area contributed by atoms with Gasteiger partial charge in [-0.15, -0.1) is 0 Å². The standard InChI is InChI=1S/C35H48N4O6/c1-5-22(3)30-35(45)39-18-11-10-14-28(39)29(41)21-25(12-8-7-9-13-26(40)6-2)33(43)37-31(34(44)36-30)32(42)24-15-16-27-23(20-24)17-19-38(27)4/h15-17,19-20,22,25,28,30-31H,5-14,18,21H2,1-4H3,(H,36,44)(H,37,43)/t22-,25-,28-,30?,31-/m1/s1. The van der Waals surface area contributed by atoms with Gasteiger partial charge in [0, 0.05) is 61.4 Å². The smallest absolute Gasteiger partial charge is 0.251 e. The van der Waals surface area contributed by atoms with Crippen molar-refractivity contribution in [1.29, 1.82) is 0 Å². The summed E-state index contributed by atoms with van der Waals surface area (Å²) in [5.74, 6) is -3.20. The largest absolute Gasteiger partial charge is 0.351 e. The van der Waals surface area contributed by atoms with E-state index in [1.165, 1.54) is 0 Å². The summed E-state index contributed by atoms with van der Waals surface area (Å²) in [5.41, 5.74) is 1.17. The van der Waals surface area contributed by atoms with Crippen LogP contribution in [0.1, 0.15) is 102 Å². The second-order valence-electron chi connectivity index (χ2n) is 12.8. The molecule has 10 nitrogen and oxygen atoms in total. The highest BCUT2D eigenvalue weighted by Gasteiger charge is 2.42. The molecule has 2 fully saturated rings. The molecule has 2 saturated heterocycles. The van der Waals surface area contributed by atoms with E-state index in [0.29, 0.717) is 57.9 Å². The van der Waals surface area contributed by atoms with Crippen LogP contribution in [0.5, 0.6) is 0 Å². The van der Waals surface area contributed by atoms with Crippen LogP contribution in [0.2, 0.25) is 0 Å². The number of rotatable bonds is 11. The number of fused-ring (bicyclic) bond motifs is 2. The molecular weight excluding hydrogens is 572 g/mol. The van der Waals surface area contributed by atoms with Crippen molar-refractivity contribution in [2.75, 3.05) is 6.54 Å². The van der Waals surface area contributed by atoms with Gasteiger partial charge < -0.3 is 20.1 Å². The highest BCUT2D eigenvalue weighted by atomic mass is 16.2. The third-order valence-electron chi connectivity index (χ3n) is 9.64. The number of nitrogens with zero attached hydrogens (tertiary/aromatic N) is 2. The molecule has 3 amide bonds. The quantitative estimate of drug-likeness (QED) is 0.219. The van der Waals surface area contributed by atoms with Gasteiger partial charge in [-0.2, -0.15) is 0 Å². The van der Waals surface area contributed by atoms with E-state index in [9.17, 15) is 28.8 Å². The van der Waals surface area contributed by atoms with Crippen LogP contribution >= 0.6 is 0 Å². The Bertz CT molecular complexity index is 1430. The molecule has 2 aliphatic heterocycles. The third kappa shape index (κ3) is 8.07. The fourth-order valence-corrected chi connectivity index (χ4v) is 6.51. The van der Waals surface area contributed by atoms with E-state index in [0.717, 1.165) is 23.7 Å². The van der Waals surface area contributed by atoms with Crippen molar-refractivity contribution in [3.8, 4) is 0 Å². The number of carbonyl (C=O) groups excluding carboxylic acids is 6. The van der Waals surface area contributed by atoms with Crippen LogP contribution in [-0.4, -0.2) is 69.2 Å². The molecule has 2 N–H and O–H groups in total. The molecule has 4 rings (SSSR count). The molecule has 1 unspecified atom stereocenters. The van der Waals surface area contributed by atoms with Crippen molar-refractivity contribution in [3.05, 3.63) is 36.0 Å². The number of Topliss-reactive ketones (excluding diaryl/α,β-unsaturated/α-hetero) is 3. The second kappa shape index (κ2) is 15.5. The summed E-state index contributed by atoms with van der Waals surface area (Å²) in [6.45, 7) is 6.01. The maximum absolute atomic E-state index is 14.0. The molecule has 2 aliphatic rings. The lowest BCUT2D eigenvalue weighted by Gasteiger charge is -2.39. The summed E-state index contributed by atoms with van der Waals surface area (Å²) in [6, 6.07) is 3.82. The van der Waals surface area contributed by atoms with Gasteiger partial charge in [0.15, 0.2) is 17.6 Å². The van der Waals surface area contributed by atoms with Gasteiger partial charge in [-0.05, 0) is 62.3 Å². The predicted molar refractivity (Wildman–Crippen MR) is 171 cm³/mol. The molecule has 10 heteroatoms. The van der Waals surface area contributed by atoms with Crippen LogP contribution in [0.4, 0.5) is 0 Å². The molecule has 244 valence electrons. The normalized spacial score (nSPS) is 23.9. The van der Waals surface area contributed by atoms with Crippen molar-refractivity contribution >= 4 is 46.0 Å². The summed E-state index contributed by atoms with van der Waals surface area (Å²) in [5, 5.41) is 6.34. The number of hydrogen-bond donors (Lipinski definition) is 2. The van der Waals surface area contributed by atoms with Crippen molar-refractivity contribution in [2.24, 2.45) is 18.9 Å². The minimum Gasteiger partial charge on any atom is -0.351 e. The Labute approximate surface area is 265 Å². The summed E-state index contributed by atoms with van der Waals surface area (Å²) in [7, 11) is 1.90. The SMILES string of the molecule is CCC(=O)CCCCC[C@@H]1CC(=O)[C@H]2CCCCN2C(=O)C([C@H](C)CC)NC(=O)[C@@H](C(=O)c2ccc3c(ccn3C)c2)NC1=O. The number of carbonyl (C=O) groups is 6. The number of hydrogen-bond acceptors (Lipinski definition) is 6. The number of amides is 3. The van der Waals surface area contributed by atoms with Crippen LogP contribution in [0.3, 0.4) is 0 Å². The van der Waals surface area contributed by atoms with Gasteiger partial charge in [-0.3, -0.25) is 28.8 Å². The number of ketones is 3. The first-order valence-corrected chi connectivity index (χ1v) is 16.6. The summed E-state index contributed by atoms with van der Waals surface area (Å²) < 4.78 is 1.92. The van der Waals surface area contributed by atoms with E-state index in [1.54, 1.807) is 23.1 Å². The number of benzene rings is 1. The van der Waals surface area contributed by atoms with E-state index in [-0.39, 0.29) is 35.4 Å². The molecule has 0 aliphatic carbocycles. The van der Waals surface area contributed by atoms with Crippen LogP contribution in [0.15, 0.2) is 30.5 Å². The zero-order chi connectivity index (χ0) is 32.7. The topological polar surface area (TPSA) is 135 Å². The van der Waals surface area contributed by atoms with E-state index in [4.69, 9.17) is 0 Å². The molecule has 1 aromatic heterocycles. The zero-order valence-corrected chi connectivity index (χ0v) is 27.1. The van der Waals surface area contributed by atoms with Crippen molar-refractivity contribution < 1.29 is 28.8 Å². The number of aryl methyl sites for hydroxylation is 1. The molecule has 0 spiro atoms.